The van der Waals surface area contributed by atoms with Gasteiger partial charge < -0.3 is 10.0 Å². The van der Waals surface area contributed by atoms with Crippen LogP contribution in [-0.2, 0) is 9.59 Å². The van der Waals surface area contributed by atoms with Gasteiger partial charge in [0.25, 0.3) is 11.8 Å². The monoisotopic (exact) mass is 318 g/mol. The Hall–Kier alpha value is -2.70. The highest BCUT2D eigenvalue weighted by Gasteiger charge is 2.34. The Bertz CT molecular complexity index is 621. The molecule has 1 aliphatic rings. The molecule has 0 spiro atoms. The molecule has 0 aromatic heterocycles. The van der Waals surface area contributed by atoms with E-state index in [9.17, 15) is 19.2 Å². The zero-order valence-electron chi connectivity index (χ0n) is 12.8. The predicted octanol–water partition coefficient (Wildman–Crippen LogP) is 0.996. The third-order valence-corrected chi connectivity index (χ3v) is 3.74. The number of hydrogen-bond donors (Lipinski definition) is 1. The molecule has 7 heteroatoms. The molecule has 0 atom stereocenters. The lowest BCUT2D eigenvalue weighted by Crippen LogP contribution is -2.33. The number of fused-ring (bicyclic) bond motifs is 1. The largest absolute Gasteiger partial charge is 0.481 e. The Kier molecular flexibility index (Phi) is 5.10. The lowest BCUT2D eigenvalue weighted by Gasteiger charge is -2.17. The highest BCUT2D eigenvalue weighted by atomic mass is 16.4. The lowest BCUT2D eigenvalue weighted by atomic mass is 10.1. The molecule has 1 heterocycles. The van der Waals surface area contributed by atoms with Crippen LogP contribution in [0.25, 0.3) is 0 Å². The fraction of sp³-hybridized carbons (Fsp3) is 0.375. The van der Waals surface area contributed by atoms with Crippen molar-refractivity contribution in [2.75, 3.05) is 20.1 Å². The minimum Gasteiger partial charge on any atom is -0.481 e. The Morgan fingerprint density at radius 3 is 2.17 bits per heavy atom. The van der Waals surface area contributed by atoms with E-state index in [0.29, 0.717) is 17.5 Å². The van der Waals surface area contributed by atoms with Crippen LogP contribution in [0.5, 0.6) is 0 Å². The topological polar surface area (TPSA) is 95.0 Å². The summed E-state index contributed by atoms with van der Waals surface area (Å²) < 4.78 is 0. The Morgan fingerprint density at radius 2 is 1.65 bits per heavy atom. The summed E-state index contributed by atoms with van der Waals surface area (Å²) in [4.78, 5) is 49.1. The minimum absolute atomic E-state index is 0.110. The Morgan fingerprint density at radius 1 is 1.09 bits per heavy atom. The van der Waals surface area contributed by atoms with Gasteiger partial charge in [-0.05, 0) is 18.6 Å². The molecule has 122 valence electrons. The van der Waals surface area contributed by atoms with E-state index in [0.717, 1.165) is 4.90 Å². The van der Waals surface area contributed by atoms with Gasteiger partial charge in [0.15, 0.2) is 0 Å². The molecule has 1 aliphatic heterocycles. The molecule has 0 bridgehead atoms. The van der Waals surface area contributed by atoms with E-state index >= 15 is 0 Å². The molecule has 0 saturated heterocycles. The van der Waals surface area contributed by atoms with Crippen molar-refractivity contribution in [3.05, 3.63) is 35.4 Å². The Balaban J connectivity index is 1.83. The van der Waals surface area contributed by atoms with Gasteiger partial charge in [-0.1, -0.05) is 12.1 Å². The molecule has 0 aliphatic carbocycles. The van der Waals surface area contributed by atoms with Crippen molar-refractivity contribution in [2.24, 2.45) is 0 Å². The molecule has 0 saturated carbocycles. The lowest BCUT2D eigenvalue weighted by molar-refractivity contribution is -0.138. The van der Waals surface area contributed by atoms with Crippen LogP contribution in [0.15, 0.2) is 24.3 Å². The normalized spacial score (nSPS) is 13.2. The first-order chi connectivity index (χ1) is 10.9. The van der Waals surface area contributed by atoms with Gasteiger partial charge >= 0.3 is 5.97 Å². The molecule has 7 nitrogen and oxygen atoms in total. The average Bonchev–Trinajstić information content (AvgIpc) is 2.77. The number of carboxylic acids is 1. The number of amides is 3. The van der Waals surface area contributed by atoms with Crippen LogP contribution in [-0.4, -0.2) is 58.7 Å². The van der Waals surface area contributed by atoms with Crippen molar-refractivity contribution in [3.63, 3.8) is 0 Å². The molecule has 2 rings (SSSR count). The second-order valence-electron chi connectivity index (χ2n) is 5.37. The first kappa shape index (κ1) is 16.7. The molecule has 1 aromatic rings. The second kappa shape index (κ2) is 7.04. The first-order valence-electron chi connectivity index (χ1n) is 7.33. The summed E-state index contributed by atoms with van der Waals surface area (Å²) in [5.74, 6) is -1.84. The summed E-state index contributed by atoms with van der Waals surface area (Å²) >= 11 is 0. The van der Waals surface area contributed by atoms with Crippen LogP contribution >= 0.6 is 0 Å². The molecular weight excluding hydrogens is 300 g/mol. The number of hydrogen-bond acceptors (Lipinski definition) is 4. The summed E-state index contributed by atoms with van der Waals surface area (Å²) in [5, 5.41) is 8.59. The van der Waals surface area contributed by atoms with E-state index in [1.807, 2.05) is 0 Å². The summed E-state index contributed by atoms with van der Waals surface area (Å²) in [7, 11) is 1.54. The number of nitrogens with zero attached hydrogens (tertiary/aromatic N) is 2. The van der Waals surface area contributed by atoms with Crippen molar-refractivity contribution >= 4 is 23.7 Å². The highest BCUT2D eigenvalue weighted by Crippen LogP contribution is 2.22. The van der Waals surface area contributed by atoms with Crippen LogP contribution in [0, 0.1) is 0 Å². The van der Waals surface area contributed by atoms with Crippen molar-refractivity contribution in [2.45, 2.75) is 19.3 Å². The molecule has 0 unspecified atom stereocenters. The molecule has 0 radical (unpaired) electrons. The van der Waals surface area contributed by atoms with E-state index in [4.69, 9.17) is 5.11 Å². The van der Waals surface area contributed by atoms with Crippen LogP contribution in [0.2, 0.25) is 0 Å². The first-order valence-corrected chi connectivity index (χ1v) is 7.33. The van der Waals surface area contributed by atoms with E-state index in [-0.39, 0.29) is 43.7 Å². The Labute approximate surface area is 133 Å². The van der Waals surface area contributed by atoms with Crippen LogP contribution in [0.3, 0.4) is 0 Å². The SMILES string of the molecule is CN(CCC(=O)O)C(=O)CCCN1C(=O)c2ccccc2C1=O. The number of carbonyl (C=O) groups is 4. The van der Waals surface area contributed by atoms with Gasteiger partial charge in [-0.2, -0.15) is 0 Å². The average molecular weight is 318 g/mol. The fourth-order valence-corrected chi connectivity index (χ4v) is 2.41. The van der Waals surface area contributed by atoms with Crippen LogP contribution < -0.4 is 0 Å². The van der Waals surface area contributed by atoms with Crippen LogP contribution in [0.1, 0.15) is 40.0 Å². The number of carbonyl (C=O) groups excluding carboxylic acids is 3. The van der Waals surface area contributed by atoms with Crippen molar-refractivity contribution in [3.8, 4) is 0 Å². The second-order valence-corrected chi connectivity index (χ2v) is 5.37. The zero-order valence-corrected chi connectivity index (χ0v) is 12.8. The van der Waals surface area contributed by atoms with Gasteiger partial charge in [-0.25, -0.2) is 0 Å². The van der Waals surface area contributed by atoms with Crippen LogP contribution in [0.4, 0.5) is 0 Å². The highest BCUT2D eigenvalue weighted by molar-refractivity contribution is 6.21. The number of benzene rings is 1. The van der Waals surface area contributed by atoms with Gasteiger partial charge in [0.2, 0.25) is 5.91 Å². The number of carboxylic acid groups (broad SMARTS) is 1. The smallest absolute Gasteiger partial charge is 0.305 e. The molecule has 3 amide bonds. The molecule has 1 N–H and O–H groups in total. The molecule has 23 heavy (non-hydrogen) atoms. The maximum absolute atomic E-state index is 12.1. The van der Waals surface area contributed by atoms with Crippen molar-refractivity contribution in [1.29, 1.82) is 0 Å². The van der Waals surface area contributed by atoms with Crippen molar-refractivity contribution < 1.29 is 24.3 Å². The fourth-order valence-electron chi connectivity index (χ4n) is 2.41. The van der Waals surface area contributed by atoms with Gasteiger partial charge in [0, 0.05) is 26.6 Å². The standard InChI is InChI=1S/C16H18N2O5/c1-17(10-8-14(20)21)13(19)7-4-9-18-15(22)11-5-2-3-6-12(11)16(18)23/h2-3,5-6H,4,7-10H2,1H3,(H,20,21). The number of imide groups is 1. The van der Waals surface area contributed by atoms with E-state index in [1.54, 1.807) is 24.3 Å². The minimum atomic E-state index is -0.962. The quantitative estimate of drug-likeness (QED) is 0.757. The summed E-state index contributed by atoms with van der Waals surface area (Å²) in [6.45, 7) is 0.312. The van der Waals surface area contributed by atoms with E-state index in [1.165, 1.54) is 11.9 Å². The van der Waals surface area contributed by atoms with Gasteiger partial charge in [-0.15, -0.1) is 0 Å². The zero-order chi connectivity index (χ0) is 17.0. The maximum Gasteiger partial charge on any atom is 0.305 e. The molecule has 1 aromatic carbocycles. The number of aliphatic carboxylic acids is 1. The maximum atomic E-state index is 12.1. The van der Waals surface area contributed by atoms with Gasteiger partial charge in [0.05, 0.1) is 17.5 Å². The van der Waals surface area contributed by atoms with Crippen molar-refractivity contribution in [1.82, 2.24) is 9.80 Å². The van der Waals surface area contributed by atoms with Gasteiger partial charge in [0.1, 0.15) is 0 Å². The summed E-state index contributed by atoms with van der Waals surface area (Å²) in [5.41, 5.74) is 0.782. The van der Waals surface area contributed by atoms with E-state index < -0.39 is 5.97 Å². The molecule has 0 fully saturated rings. The molecular formula is C16H18N2O5. The van der Waals surface area contributed by atoms with Gasteiger partial charge in [-0.3, -0.25) is 24.1 Å². The third-order valence-electron chi connectivity index (χ3n) is 3.74. The third kappa shape index (κ3) is 3.74. The van der Waals surface area contributed by atoms with E-state index in [2.05, 4.69) is 0 Å². The summed E-state index contributed by atoms with van der Waals surface area (Å²) in [6.07, 6.45) is 0.395. The summed E-state index contributed by atoms with van der Waals surface area (Å²) in [6, 6.07) is 6.63. The number of rotatable bonds is 7. The predicted molar refractivity (Wildman–Crippen MR) is 80.9 cm³/mol.